The fourth-order valence-corrected chi connectivity index (χ4v) is 6.36. The molecular formula is C20H19NO5S2. The second kappa shape index (κ2) is 8.24. The Balaban J connectivity index is 2.09. The van der Waals surface area contributed by atoms with Crippen LogP contribution in [0.15, 0.2) is 101 Å². The molecule has 1 atom stereocenters. The van der Waals surface area contributed by atoms with E-state index in [0.717, 1.165) is 0 Å². The predicted octanol–water partition coefficient (Wildman–Crippen LogP) is 2.80. The molecule has 0 fully saturated rings. The zero-order chi connectivity index (χ0) is 20.2. The third kappa shape index (κ3) is 4.15. The minimum Gasteiger partial charge on any atom is -0.387 e. The molecule has 0 saturated carbocycles. The highest BCUT2D eigenvalue weighted by Gasteiger charge is 2.38. The molecule has 0 saturated heterocycles. The van der Waals surface area contributed by atoms with E-state index in [1.165, 1.54) is 48.5 Å². The van der Waals surface area contributed by atoms with E-state index >= 15 is 0 Å². The number of aliphatic hydroxyl groups excluding tert-OH is 1. The number of hydrogen-bond donors (Lipinski definition) is 1. The first-order valence-electron chi connectivity index (χ1n) is 8.44. The van der Waals surface area contributed by atoms with Crippen molar-refractivity contribution in [1.82, 2.24) is 3.71 Å². The Bertz CT molecular complexity index is 1050. The van der Waals surface area contributed by atoms with E-state index in [9.17, 15) is 21.9 Å². The zero-order valence-electron chi connectivity index (χ0n) is 14.8. The quantitative estimate of drug-likeness (QED) is 0.638. The summed E-state index contributed by atoms with van der Waals surface area (Å²) in [7, 11) is -8.85. The Morgan fingerprint density at radius 1 is 0.643 bits per heavy atom. The van der Waals surface area contributed by atoms with E-state index < -0.39 is 32.7 Å². The molecule has 0 aliphatic rings. The van der Waals surface area contributed by atoms with Crippen molar-refractivity contribution in [3.63, 3.8) is 0 Å². The molecule has 0 heterocycles. The van der Waals surface area contributed by atoms with E-state index in [4.69, 9.17) is 0 Å². The van der Waals surface area contributed by atoms with E-state index in [1.807, 2.05) is 0 Å². The molecule has 3 aromatic rings. The van der Waals surface area contributed by atoms with Crippen LogP contribution in [0, 0.1) is 0 Å². The van der Waals surface area contributed by atoms with Crippen molar-refractivity contribution < 1.29 is 21.9 Å². The van der Waals surface area contributed by atoms with Crippen molar-refractivity contribution in [3.05, 3.63) is 96.6 Å². The first kappa shape index (κ1) is 20.2. The smallest absolute Gasteiger partial charge is 0.256 e. The Kier molecular flexibility index (Phi) is 5.95. The number of benzene rings is 3. The van der Waals surface area contributed by atoms with Gasteiger partial charge in [-0.1, -0.05) is 70.4 Å². The lowest BCUT2D eigenvalue weighted by molar-refractivity contribution is 0.165. The topological polar surface area (TPSA) is 91.8 Å². The maximum absolute atomic E-state index is 13.2. The van der Waals surface area contributed by atoms with Crippen LogP contribution in [0.25, 0.3) is 0 Å². The Morgan fingerprint density at radius 2 is 1.00 bits per heavy atom. The monoisotopic (exact) mass is 417 g/mol. The van der Waals surface area contributed by atoms with Crippen molar-refractivity contribution in [2.45, 2.75) is 15.9 Å². The second-order valence-corrected chi connectivity index (χ2v) is 9.97. The highest BCUT2D eigenvalue weighted by Crippen LogP contribution is 2.27. The standard InChI is InChI=1S/C20H19NO5S2/c22-20(17-10-4-1-5-11-17)16-21(27(23,24)18-12-6-2-7-13-18)28(25,26)19-14-8-3-9-15-19/h1-15,20,22H,16H2. The molecule has 0 aromatic heterocycles. The Hall–Kier alpha value is -2.52. The van der Waals surface area contributed by atoms with Crippen LogP contribution in [-0.2, 0) is 20.0 Å². The molecule has 0 amide bonds. The van der Waals surface area contributed by atoms with Crippen LogP contribution in [0.2, 0.25) is 0 Å². The van der Waals surface area contributed by atoms with Gasteiger partial charge < -0.3 is 5.11 Å². The Morgan fingerprint density at radius 3 is 1.39 bits per heavy atom. The van der Waals surface area contributed by atoms with Crippen LogP contribution in [0.1, 0.15) is 11.7 Å². The molecule has 146 valence electrons. The number of aliphatic hydroxyl groups is 1. The maximum atomic E-state index is 13.2. The van der Waals surface area contributed by atoms with Crippen molar-refractivity contribution in [1.29, 1.82) is 0 Å². The molecule has 1 N–H and O–H groups in total. The number of hydrogen-bond acceptors (Lipinski definition) is 5. The van der Waals surface area contributed by atoms with Crippen molar-refractivity contribution in [2.24, 2.45) is 0 Å². The van der Waals surface area contributed by atoms with Crippen LogP contribution >= 0.6 is 0 Å². The van der Waals surface area contributed by atoms with Gasteiger partial charge in [-0.25, -0.2) is 16.8 Å². The number of sulfonamides is 2. The van der Waals surface area contributed by atoms with Crippen LogP contribution in [0.3, 0.4) is 0 Å². The summed E-state index contributed by atoms with van der Waals surface area (Å²) in [6.45, 7) is -0.640. The number of nitrogens with zero attached hydrogens (tertiary/aromatic N) is 1. The summed E-state index contributed by atoms with van der Waals surface area (Å²) in [4.78, 5) is -0.343. The lowest BCUT2D eigenvalue weighted by atomic mass is 10.1. The van der Waals surface area contributed by atoms with E-state index in [-0.39, 0.29) is 9.79 Å². The first-order chi connectivity index (χ1) is 13.3. The first-order valence-corrected chi connectivity index (χ1v) is 11.3. The highest BCUT2D eigenvalue weighted by molar-refractivity contribution is 8.04. The summed E-state index contributed by atoms with van der Waals surface area (Å²) >= 11 is 0. The lowest BCUT2D eigenvalue weighted by Crippen LogP contribution is -2.39. The lowest BCUT2D eigenvalue weighted by Gasteiger charge is -2.24. The van der Waals surface area contributed by atoms with Crippen LogP contribution in [0.5, 0.6) is 0 Å². The van der Waals surface area contributed by atoms with Gasteiger partial charge in [0.1, 0.15) is 0 Å². The fourth-order valence-electron chi connectivity index (χ4n) is 2.67. The van der Waals surface area contributed by atoms with Gasteiger partial charge in [0.25, 0.3) is 20.0 Å². The van der Waals surface area contributed by atoms with E-state index in [0.29, 0.717) is 9.27 Å². The summed E-state index contributed by atoms with van der Waals surface area (Å²) in [6, 6.07) is 22.9. The van der Waals surface area contributed by atoms with Gasteiger partial charge in [-0.3, -0.25) is 0 Å². The molecule has 28 heavy (non-hydrogen) atoms. The minimum atomic E-state index is -4.42. The average Bonchev–Trinajstić information content (AvgIpc) is 2.73. The van der Waals surface area contributed by atoms with Gasteiger partial charge in [-0.05, 0) is 29.8 Å². The fraction of sp³-hybridized carbons (Fsp3) is 0.100. The molecular weight excluding hydrogens is 398 g/mol. The van der Waals surface area contributed by atoms with Gasteiger partial charge in [-0.2, -0.15) is 0 Å². The Labute approximate surface area is 164 Å². The van der Waals surface area contributed by atoms with Crippen molar-refractivity contribution in [3.8, 4) is 0 Å². The zero-order valence-corrected chi connectivity index (χ0v) is 16.4. The maximum Gasteiger partial charge on any atom is 0.256 e. The molecule has 0 aliphatic heterocycles. The SMILES string of the molecule is O=S(=O)(c1ccccc1)N(CC(O)c1ccccc1)S(=O)(=O)c1ccccc1. The normalized spacial score (nSPS) is 13.4. The molecule has 0 radical (unpaired) electrons. The van der Waals surface area contributed by atoms with Crippen molar-refractivity contribution >= 4 is 20.0 Å². The minimum absolute atomic E-state index is 0.172. The van der Waals surface area contributed by atoms with Gasteiger partial charge in [0.15, 0.2) is 0 Å². The van der Waals surface area contributed by atoms with Gasteiger partial charge >= 0.3 is 0 Å². The van der Waals surface area contributed by atoms with E-state index in [2.05, 4.69) is 0 Å². The summed E-state index contributed by atoms with van der Waals surface area (Å²) in [5.74, 6) is 0. The summed E-state index contributed by atoms with van der Waals surface area (Å²) in [5, 5.41) is 10.5. The summed E-state index contributed by atoms with van der Waals surface area (Å²) < 4.78 is 53.0. The predicted molar refractivity (Wildman–Crippen MR) is 105 cm³/mol. The molecule has 8 heteroatoms. The van der Waals surface area contributed by atoms with Gasteiger partial charge in [0, 0.05) is 0 Å². The van der Waals surface area contributed by atoms with Crippen molar-refractivity contribution in [2.75, 3.05) is 6.54 Å². The molecule has 0 spiro atoms. The number of rotatable bonds is 7. The highest BCUT2D eigenvalue weighted by atomic mass is 32.3. The molecule has 0 bridgehead atoms. The van der Waals surface area contributed by atoms with E-state index in [1.54, 1.807) is 42.5 Å². The molecule has 3 aromatic carbocycles. The van der Waals surface area contributed by atoms with Crippen LogP contribution in [0.4, 0.5) is 0 Å². The average molecular weight is 418 g/mol. The summed E-state index contributed by atoms with van der Waals surface area (Å²) in [6.07, 6.45) is -1.32. The van der Waals surface area contributed by atoms with Gasteiger partial charge in [-0.15, -0.1) is 0 Å². The largest absolute Gasteiger partial charge is 0.387 e. The summed E-state index contributed by atoms with van der Waals surface area (Å²) in [5.41, 5.74) is 0.416. The molecule has 3 rings (SSSR count). The third-order valence-corrected chi connectivity index (χ3v) is 8.41. The van der Waals surface area contributed by atoms with Gasteiger partial charge in [0.05, 0.1) is 22.4 Å². The molecule has 6 nitrogen and oxygen atoms in total. The molecule has 0 aliphatic carbocycles. The molecule has 1 unspecified atom stereocenters. The van der Waals surface area contributed by atoms with Crippen LogP contribution < -0.4 is 0 Å². The second-order valence-electron chi connectivity index (χ2n) is 6.02. The third-order valence-electron chi connectivity index (χ3n) is 4.12. The van der Waals surface area contributed by atoms with Crippen LogP contribution in [-0.4, -0.2) is 32.2 Å². The van der Waals surface area contributed by atoms with Gasteiger partial charge in [0.2, 0.25) is 0 Å².